The number of sulfone groups is 1. The first-order chi connectivity index (χ1) is 8.78. The maximum atomic E-state index is 12.0. The molecule has 104 valence electrons. The Kier molecular flexibility index (Phi) is 3.94. The Labute approximate surface area is 121 Å². The molecule has 0 aromatic heterocycles. The molecule has 2 rings (SSSR count). The highest BCUT2D eigenvalue weighted by molar-refractivity contribution is 7.91. The number of hydrogen-bond acceptors (Lipinski definition) is 4. The molecule has 0 bridgehead atoms. The van der Waals surface area contributed by atoms with Crippen molar-refractivity contribution >= 4 is 44.6 Å². The van der Waals surface area contributed by atoms with Crippen LogP contribution in [0.3, 0.4) is 0 Å². The summed E-state index contributed by atoms with van der Waals surface area (Å²) in [6.07, 6.45) is 0.422. The highest BCUT2D eigenvalue weighted by Crippen LogP contribution is 2.29. The summed E-state index contributed by atoms with van der Waals surface area (Å²) in [4.78, 5) is 12.0. The van der Waals surface area contributed by atoms with Crippen LogP contribution in [-0.2, 0) is 9.84 Å². The van der Waals surface area contributed by atoms with Gasteiger partial charge in [-0.1, -0.05) is 23.2 Å². The number of hydrogen-bond donors (Lipinski definition) is 2. The van der Waals surface area contributed by atoms with Crippen molar-refractivity contribution < 1.29 is 13.2 Å². The highest BCUT2D eigenvalue weighted by Gasteiger charge is 2.29. The molecule has 19 heavy (non-hydrogen) atoms. The highest BCUT2D eigenvalue weighted by atomic mass is 35.5. The van der Waals surface area contributed by atoms with Gasteiger partial charge in [0, 0.05) is 11.6 Å². The average molecular weight is 323 g/mol. The predicted molar refractivity (Wildman–Crippen MR) is 75.4 cm³/mol. The third-order valence-electron chi connectivity index (χ3n) is 2.89. The van der Waals surface area contributed by atoms with Crippen LogP contribution in [0.25, 0.3) is 0 Å². The molecule has 8 heteroatoms. The van der Waals surface area contributed by atoms with Gasteiger partial charge in [0.05, 0.1) is 27.2 Å². The Balaban J connectivity index is 2.13. The first kappa shape index (κ1) is 14.4. The van der Waals surface area contributed by atoms with Crippen molar-refractivity contribution in [3.63, 3.8) is 0 Å². The lowest BCUT2D eigenvalue weighted by molar-refractivity contribution is 0.0941. The van der Waals surface area contributed by atoms with E-state index < -0.39 is 15.7 Å². The summed E-state index contributed by atoms with van der Waals surface area (Å²) in [5.41, 5.74) is 6.09. The van der Waals surface area contributed by atoms with Crippen molar-refractivity contribution in [3.05, 3.63) is 27.7 Å². The number of nitrogen functional groups attached to an aromatic ring is 1. The van der Waals surface area contributed by atoms with Crippen molar-refractivity contribution in [2.45, 2.75) is 12.5 Å². The topological polar surface area (TPSA) is 89.3 Å². The van der Waals surface area contributed by atoms with Crippen molar-refractivity contribution in [1.82, 2.24) is 5.32 Å². The zero-order chi connectivity index (χ0) is 14.2. The molecule has 5 nitrogen and oxygen atoms in total. The summed E-state index contributed by atoms with van der Waals surface area (Å²) in [6, 6.07) is 2.44. The van der Waals surface area contributed by atoms with Gasteiger partial charge >= 0.3 is 0 Å². The number of anilines is 1. The lowest BCUT2D eigenvalue weighted by atomic mass is 10.1. The molecule has 1 amide bonds. The van der Waals surface area contributed by atoms with Crippen LogP contribution in [0.2, 0.25) is 10.0 Å². The molecule has 1 fully saturated rings. The lowest BCUT2D eigenvalue weighted by Crippen LogP contribution is -2.35. The van der Waals surface area contributed by atoms with Crippen molar-refractivity contribution in [2.24, 2.45) is 0 Å². The van der Waals surface area contributed by atoms with Crippen molar-refractivity contribution in [1.29, 1.82) is 0 Å². The minimum absolute atomic E-state index is 0.0322. The van der Waals surface area contributed by atoms with Crippen LogP contribution < -0.4 is 11.1 Å². The van der Waals surface area contributed by atoms with Gasteiger partial charge in [0.25, 0.3) is 5.91 Å². The smallest absolute Gasteiger partial charge is 0.251 e. The fourth-order valence-corrected chi connectivity index (χ4v) is 3.93. The maximum absolute atomic E-state index is 12.0. The third kappa shape index (κ3) is 3.32. The molecule has 1 atom stereocenters. The molecule has 3 N–H and O–H groups in total. The Morgan fingerprint density at radius 2 is 2.05 bits per heavy atom. The van der Waals surface area contributed by atoms with Crippen LogP contribution in [0.1, 0.15) is 16.8 Å². The second kappa shape index (κ2) is 5.19. The summed E-state index contributed by atoms with van der Waals surface area (Å²) in [5.74, 6) is -0.343. The van der Waals surface area contributed by atoms with Crippen molar-refractivity contribution in [2.75, 3.05) is 17.2 Å². The van der Waals surface area contributed by atoms with Gasteiger partial charge in [-0.25, -0.2) is 8.42 Å². The molecule has 0 aliphatic carbocycles. The SMILES string of the molecule is Nc1cc(C(=O)NC2CCS(=O)(=O)C2)cc(Cl)c1Cl. The van der Waals surface area contributed by atoms with Gasteiger partial charge in [-0.2, -0.15) is 0 Å². The first-order valence-corrected chi connectivity index (χ1v) is 8.12. The molecule has 1 aromatic rings. The van der Waals surface area contributed by atoms with E-state index in [0.29, 0.717) is 6.42 Å². The molecule has 0 spiro atoms. The summed E-state index contributed by atoms with van der Waals surface area (Å²) in [5, 5.41) is 3.03. The number of nitrogens with two attached hydrogens (primary N) is 1. The van der Waals surface area contributed by atoms with Crippen LogP contribution in [-0.4, -0.2) is 31.9 Å². The predicted octanol–water partition coefficient (Wildman–Crippen LogP) is 1.49. The summed E-state index contributed by atoms with van der Waals surface area (Å²) in [7, 11) is -3.03. The van der Waals surface area contributed by atoms with Gasteiger partial charge in [-0.3, -0.25) is 4.79 Å². The molecular weight excluding hydrogens is 311 g/mol. The van der Waals surface area contributed by atoms with Crippen LogP contribution in [0.15, 0.2) is 12.1 Å². The zero-order valence-corrected chi connectivity index (χ0v) is 12.1. The minimum Gasteiger partial charge on any atom is -0.397 e. The molecule has 1 unspecified atom stereocenters. The zero-order valence-electron chi connectivity index (χ0n) is 9.82. The molecule has 0 radical (unpaired) electrons. The lowest BCUT2D eigenvalue weighted by Gasteiger charge is -2.12. The molecule has 1 aromatic carbocycles. The van der Waals surface area contributed by atoms with E-state index >= 15 is 0 Å². The number of nitrogens with one attached hydrogen (secondary N) is 1. The second-order valence-electron chi connectivity index (χ2n) is 4.43. The molecule has 1 aliphatic rings. The Morgan fingerprint density at radius 1 is 1.37 bits per heavy atom. The minimum atomic E-state index is -3.03. The number of benzene rings is 1. The van der Waals surface area contributed by atoms with Gasteiger partial charge in [-0.15, -0.1) is 0 Å². The fourth-order valence-electron chi connectivity index (χ4n) is 1.92. The van der Waals surface area contributed by atoms with E-state index in [-0.39, 0.29) is 38.8 Å². The van der Waals surface area contributed by atoms with Gasteiger partial charge < -0.3 is 11.1 Å². The Hall–Kier alpha value is -0.980. The van der Waals surface area contributed by atoms with Crippen LogP contribution in [0.4, 0.5) is 5.69 Å². The second-order valence-corrected chi connectivity index (χ2v) is 7.45. The summed E-state index contributed by atoms with van der Waals surface area (Å²) in [6.45, 7) is 0. The van der Waals surface area contributed by atoms with Gasteiger partial charge in [0.15, 0.2) is 9.84 Å². The van der Waals surface area contributed by atoms with Gasteiger partial charge in [0.2, 0.25) is 0 Å². The fraction of sp³-hybridized carbons (Fsp3) is 0.364. The number of carbonyl (C=O) groups is 1. The van der Waals surface area contributed by atoms with E-state index in [1.165, 1.54) is 12.1 Å². The normalized spacial score (nSPS) is 21.3. The van der Waals surface area contributed by atoms with E-state index in [2.05, 4.69) is 5.32 Å². The van der Waals surface area contributed by atoms with Gasteiger partial charge in [-0.05, 0) is 18.6 Å². The maximum Gasteiger partial charge on any atom is 0.251 e. The van der Waals surface area contributed by atoms with Crippen molar-refractivity contribution in [3.8, 4) is 0 Å². The Bertz CT molecular complexity index is 608. The van der Waals surface area contributed by atoms with Crippen LogP contribution in [0.5, 0.6) is 0 Å². The van der Waals surface area contributed by atoms with Crippen LogP contribution >= 0.6 is 23.2 Å². The third-order valence-corrected chi connectivity index (χ3v) is 5.47. The largest absolute Gasteiger partial charge is 0.397 e. The monoisotopic (exact) mass is 322 g/mol. The summed E-state index contributed by atoms with van der Waals surface area (Å²) < 4.78 is 22.6. The number of carbonyl (C=O) groups excluding carboxylic acids is 1. The molecular formula is C11H12Cl2N2O3S. The number of amides is 1. The van der Waals surface area contributed by atoms with Gasteiger partial charge in [0.1, 0.15) is 0 Å². The van der Waals surface area contributed by atoms with E-state index in [4.69, 9.17) is 28.9 Å². The molecule has 0 saturated carbocycles. The number of halogens is 2. The first-order valence-electron chi connectivity index (χ1n) is 5.54. The van der Waals surface area contributed by atoms with E-state index in [1.54, 1.807) is 0 Å². The molecule has 1 aliphatic heterocycles. The average Bonchev–Trinajstić information content (AvgIpc) is 2.64. The quantitative estimate of drug-likeness (QED) is 0.807. The summed E-state index contributed by atoms with van der Waals surface area (Å²) >= 11 is 11.6. The molecule has 1 saturated heterocycles. The van der Waals surface area contributed by atoms with E-state index in [0.717, 1.165) is 0 Å². The standard InChI is InChI=1S/C11H12Cl2N2O3S/c12-8-3-6(4-9(14)10(8)13)11(16)15-7-1-2-19(17,18)5-7/h3-4,7H,1-2,5,14H2,(H,15,16). The molecule has 1 heterocycles. The van der Waals surface area contributed by atoms with E-state index in [9.17, 15) is 13.2 Å². The van der Waals surface area contributed by atoms with E-state index in [1.807, 2.05) is 0 Å². The Morgan fingerprint density at radius 3 is 2.58 bits per heavy atom. The van der Waals surface area contributed by atoms with Crippen LogP contribution in [0, 0.1) is 0 Å². The number of rotatable bonds is 2.